The number of hydrogen-bond acceptors (Lipinski definition) is 4. The Morgan fingerprint density at radius 3 is 2.62 bits per heavy atom. The summed E-state index contributed by atoms with van der Waals surface area (Å²) in [5.74, 6) is 1.87. The lowest BCUT2D eigenvalue weighted by Crippen LogP contribution is -2.39. The van der Waals surface area contributed by atoms with E-state index in [-0.39, 0.29) is 11.2 Å². The summed E-state index contributed by atoms with van der Waals surface area (Å²) in [6.45, 7) is 6.11. The fraction of sp³-hybridized carbons (Fsp3) is 0.632. The van der Waals surface area contributed by atoms with Crippen molar-refractivity contribution in [3.05, 3.63) is 29.3 Å². The van der Waals surface area contributed by atoms with Crippen molar-refractivity contribution in [2.75, 3.05) is 38.8 Å². The number of aliphatic imine (C=N–C) groups is 1. The molecule has 0 heterocycles. The monoisotopic (exact) mass is 381 g/mol. The summed E-state index contributed by atoms with van der Waals surface area (Å²) in [6, 6.07) is 6.23. The molecule has 1 aliphatic rings. The average Bonchev–Trinajstić information content (AvgIpc) is 3.32. The second kappa shape index (κ2) is 8.75. The number of benzene rings is 1. The Bertz CT molecular complexity index is 740. The topological polar surface area (TPSA) is 79.8 Å². The lowest BCUT2D eigenvalue weighted by Gasteiger charge is -2.15. The summed E-state index contributed by atoms with van der Waals surface area (Å²) in [5.41, 5.74) is 2.17. The Balaban J connectivity index is 1.90. The molecule has 2 N–H and O–H groups in total. The van der Waals surface area contributed by atoms with Crippen LogP contribution in [0.5, 0.6) is 5.75 Å². The summed E-state index contributed by atoms with van der Waals surface area (Å²) >= 11 is 0. The maximum absolute atomic E-state index is 11.6. The third kappa shape index (κ3) is 6.52. The Morgan fingerprint density at radius 2 is 2.04 bits per heavy atom. The first-order valence-corrected chi connectivity index (χ1v) is 11.2. The van der Waals surface area contributed by atoms with Gasteiger partial charge < -0.3 is 15.4 Å². The van der Waals surface area contributed by atoms with Crippen LogP contribution in [-0.4, -0.2) is 53.1 Å². The molecule has 1 aromatic carbocycles. The predicted octanol–water partition coefficient (Wildman–Crippen LogP) is 1.93. The predicted molar refractivity (Wildman–Crippen MR) is 107 cm³/mol. The van der Waals surface area contributed by atoms with Crippen LogP contribution in [0.4, 0.5) is 0 Å². The molecule has 1 fully saturated rings. The maximum atomic E-state index is 11.6. The van der Waals surface area contributed by atoms with Gasteiger partial charge in [0.2, 0.25) is 0 Å². The van der Waals surface area contributed by atoms with Crippen LogP contribution in [0.15, 0.2) is 23.2 Å². The van der Waals surface area contributed by atoms with Crippen LogP contribution in [0.25, 0.3) is 0 Å². The molecule has 1 aliphatic carbocycles. The van der Waals surface area contributed by atoms with Crippen molar-refractivity contribution >= 4 is 15.8 Å². The van der Waals surface area contributed by atoms with Crippen LogP contribution in [-0.2, 0) is 16.3 Å². The third-order valence-corrected chi connectivity index (χ3v) is 5.76. The summed E-state index contributed by atoms with van der Waals surface area (Å²) in [6.07, 6.45) is 4.03. The summed E-state index contributed by atoms with van der Waals surface area (Å²) < 4.78 is 28.5. The number of methoxy groups -OCH3 is 1. The van der Waals surface area contributed by atoms with Gasteiger partial charge in [0.05, 0.1) is 12.9 Å². The van der Waals surface area contributed by atoms with E-state index < -0.39 is 9.84 Å². The highest BCUT2D eigenvalue weighted by Gasteiger charge is 2.45. The highest BCUT2D eigenvalue weighted by atomic mass is 32.2. The van der Waals surface area contributed by atoms with E-state index in [9.17, 15) is 8.42 Å². The molecular formula is C19H31N3O3S. The molecule has 0 spiro atoms. The van der Waals surface area contributed by atoms with Crippen LogP contribution in [0.3, 0.4) is 0 Å². The fourth-order valence-corrected chi connectivity index (χ4v) is 4.51. The maximum Gasteiger partial charge on any atom is 0.191 e. The van der Waals surface area contributed by atoms with E-state index in [1.807, 2.05) is 13.8 Å². The van der Waals surface area contributed by atoms with Crippen molar-refractivity contribution in [2.24, 2.45) is 10.4 Å². The second-order valence-electron chi connectivity index (χ2n) is 7.25. The first kappa shape index (κ1) is 20.6. The summed E-state index contributed by atoms with van der Waals surface area (Å²) in [7, 11) is -1.28. The number of sulfone groups is 1. The largest absolute Gasteiger partial charge is 0.496 e. The van der Waals surface area contributed by atoms with E-state index in [0.717, 1.165) is 49.6 Å². The van der Waals surface area contributed by atoms with Gasteiger partial charge in [-0.25, -0.2) is 8.42 Å². The zero-order valence-corrected chi connectivity index (χ0v) is 17.1. The molecule has 2 rings (SSSR count). The average molecular weight is 382 g/mol. The molecule has 0 atom stereocenters. The minimum atomic E-state index is -2.96. The molecular weight excluding hydrogens is 350 g/mol. The van der Waals surface area contributed by atoms with Gasteiger partial charge in [-0.05, 0) is 50.3 Å². The number of ether oxygens (including phenoxy) is 1. The van der Waals surface area contributed by atoms with Crippen molar-refractivity contribution in [3.8, 4) is 5.75 Å². The zero-order valence-electron chi connectivity index (χ0n) is 16.3. The minimum absolute atomic E-state index is 0.153. The van der Waals surface area contributed by atoms with Gasteiger partial charge in [-0.15, -0.1) is 0 Å². The molecule has 1 aromatic rings. The van der Waals surface area contributed by atoms with E-state index in [2.05, 4.69) is 33.8 Å². The molecule has 1 saturated carbocycles. The van der Waals surface area contributed by atoms with E-state index in [1.165, 1.54) is 11.8 Å². The molecule has 146 valence electrons. The number of nitrogens with one attached hydrogen (secondary N) is 2. The van der Waals surface area contributed by atoms with Crippen molar-refractivity contribution in [1.29, 1.82) is 0 Å². The molecule has 0 aliphatic heterocycles. The van der Waals surface area contributed by atoms with Crippen LogP contribution in [0, 0.1) is 12.3 Å². The van der Waals surface area contributed by atoms with Gasteiger partial charge in [0.15, 0.2) is 5.96 Å². The molecule has 0 amide bonds. The molecule has 0 saturated heterocycles. The number of hydrogen-bond donors (Lipinski definition) is 2. The first-order chi connectivity index (χ1) is 12.3. The molecule has 0 bridgehead atoms. The van der Waals surface area contributed by atoms with E-state index in [1.54, 1.807) is 7.11 Å². The molecule has 7 heteroatoms. The van der Waals surface area contributed by atoms with Crippen molar-refractivity contribution in [2.45, 2.75) is 33.1 Å². The number of nitrogens with zero attached hydrogens (tertiary/aromatic N) is 1. The molecule has 6 nitrogen and oxygen atoms in total. The highest BCUT2D eigenvalue weighted by Crippen LogP contribution is 2.46. The Labute approximate surface area is 157 Å². The van der Waals surface area contributed by atoms with Gasteiger partial charge in [0, 0.05) is 31.3 Å². The van der Waals surface area contributed by atoms with Crippen LogP contribution < -0.4 is 15.4 Å². The van der Waals surface area contributed by atoms with Crippen LogP contribution in [0.1, 0.15) is 30.9 Å². The van der Waals surface area contributed by atoms with E-state index in [4.69, 9.17) is 4.74 Å². The molecule has 0 radical (unpaired) electrons. The first-order valence-electron chi connectivity index (χ1n) is 9.10. The standard InChI is InChI=1S/C19H31N3O3S/c1-5-20-18(22-13-19(9-10-19)14-26(4,23)24)21-11-8-16-7-6-15(2)17(12-16)25-3/h6-7,12H,5,8-11,13-14H2,1-4H3,(H2,20,21,22). The smallest absolute Gasteiger partial charge is 0.191 e. The Kier molecular flexibility index (Phi) is 6.92. The van der Waals surface area contributed by atoms with Gasteiger partial charge in [-0.1, -0.05) is 12.1 Å². The van der Waals surface area contributed by atoms with Crippen molar-refractivity contribution in [3.63, 3.8) is 0 Å². The van der Waals surface area contributed by atoms with Crippen LogP contribution in [0.2, 0.25) is 0 Å². The van der Waals surface area contributed by atoms with Crippen molar-refractivity contribution < 1.29 is 13.2 Å². The van der Waals surface area contributed by atoms with Gasteiger partial charge in [0.25, 0.3) is 0 Å². The quantitative estimate of drug-likeness (QED) is 0.505. The fourth-order valence-electron chi connectivity index (χ4n) is 3.01. The zero-order chi connectivity index (χ0) is 19.2. The van der Waals surface area contributed by atoms with Gasteiger partial charge in [-0.2, -0.15) is 0 Å². The lowest BCUT2D eigenvalue weighted by molar-refractivity contribution is 0.411. The number of rotatable bonds is 9. The Morgan fingerprint density at radius 1 is 1.31 bits per heavy atom. The van der Waals surface area contributed by atoms with Crippen LogP contribution >= 0.6 is 0 Å². The summed E-state index contributed by atoms with van der Waals surface area (Å²) in [5, 5.41) is 6.56. The van der Waals surface area contributed by atoms with Gasteiger partial charge in [0.1, 0.15) is 15.6 Å². The van der Waals surface area contributed by atoms with Crippen molar-refractivity contribution in [1.82, 2.24) is 10.6 Å². The van der Waals surface area contributed by atoms with E-state index in [0.29, 0.717) is 6.54 Å². The number of aryl methyl sites for hydroxylation is 1. The van der Waals surface area contributed by atoms with E-state index >= 15 is 0 Å². The Hall–Kier alpha value is -1.76. The lowest BCUT2D eigenvalue weighted by atomic mass is 10.1. The van der Waals surface area contributed by atoms with Gasteiger partial charge >= 0.3 is 0 Å². The second-order valence-corrected chi connectivity index (χ2v) is 9.39. The normalized spacial score (nSPS) is 16.2. The number of guanidine groups is 1. The SMILES string of the molecule is CCNC(=NCC1(CS(C)(=O)=O)CC1)NCCc1ccc(C)c(OC)c1. The molecule has 0 aromatic heterocycles. The minimum Gasteiger partial charge on any atom is -0.496 e. The summed E-state index contributed by atoms with van der Waals surface area (Å²) in [4.78, 5) is 4.62. The third-order valence-electron chi connectivity index (χ3n) is 4.62. The highest BCUT2D eigenvalue weighted by molar-refractivity contribution is 7.90. The molecule has 0 unspecified atom stereocenters. The van der Waals surface area contributed by atoms with Gasteiger partial charge in [-0.3, -0.25) is 4.99 Å². The molecule has 26 heavy (non-hydrogen) atoms.